The molecule has 0 aliphatic heterocycles. The van der Waals surface area contributed by atoms with E-state index in [2.05, 4.69) is 31.9 Å². The van der Waals surface area contributed by atoms with Crippen molar-refractivity contribution in [2.75, 3.05) is 40.8 Å². The fourth-order valence-corrected chi connectivity index (χ4v) is 1.75. The molecule has 0 aliphatic rings. The molecule has 4 N–H and O–H groups in total. The highest BCUT2D eigenvalue weighted by Crippen LogP contribution is 2.00. The van der Waals surface area contributed by atoms with Crippen LogP contribution in [-0.4, -0.2) is 51.2 Å². The van der Waals surface area contributed by atoms with Gasteiger partial charge in [-0.15, -0.1) is 0 Å². The molecule has 0 fully saturated rings. The minimum Gasteiger partial charge on any atom is -0.331 e. The summed E-state index contributed by atoms with van der Waals surface area (Å²) in [5, 5.41) is 3.41. The van der Waals surface area contributed by atoms with Gasteiger partial charge in [0.2, 0.25) is 5.91 Å². The number of amides is 1. The molecule has 0 saturated carbocycles. The van der Waals surface area contributed by atoms with Gasteiger partial charge in [-0.25, -0.2) is 5.84 Å². The summed E-state index contributed by atoms with van der Waals surface area (Å²) in [4.78, 5) is 10.8. The average Bonchev–Trinajstić information content (AvgIpc) is 2.29. The maximum Gasteiger partial charge on any atom is 0.233 e. The monoisotopic (exact) mass is 259 g/mol. The molecule has 0 atom stereocenters. The van der Waals surface area contributed by atoms with Gasteiger partial charge in [-0.2, -0.15) is 0 Å². The minimum atomic E-state index is -0.0738. The summed E-state index contributed by atoms with van der Waals surface area (Å²) in [5.74, 6) is 4.92. The Kier molecular flexibility index (Phi) is 9.92. The first kappa shape index (κ1) is 17.4. The summed E-state index contributed by atoms with van der Waals surface area (Å²) in [6, 6.07) is 0. The Labute approximate surface area is 112 Å². The van der Waals surface area contributed by atoms with Crippen LogP contribution >= 0.6 is 0 Å². The molecule has 0 aromatic carbocycles. The summed E-state index contributed by atoms with van der Waals surface area (Å²) in [6.45, 7) is 3.32. The normalized spacial score (nSPS) is 11.6. The zero-order valence-corrected chi connectivity index (χ0v) is 12.3. The van der Waals surface area contributed by atoms with Crippen molar-refractivity contribution >= 4 is 5.91 Å². The van der Waals surface area contributed by atoms with Crippen molar-refractivity contribution in [1.29, 1.82) is 0 Å². The van der Waals surface area contributed by atoms with Crippen LogP contribution in [0.25, 0.3) is 0 Å². The van der Waals surface area contributed by atoms with Crippen LogP contribution in [0.4, 0.5) is 0 Å². The van der Waals surface area contributed by atoms with Crippen LogP contribution in [0.1, 0.15) is 38.5 Å². The Morgan fingerprint density at radius 3 is 2.17 bits per heavy atom. The topological polar surface area (TPSA) is 67.2 Å². The number of nitrogens with zero attached hydrogens (tertiary/aromatic N) is 1. The summed E-state index contributed by atoms with van der Waals surface area (Å²) in [7, 11) is 6.70. The average molecular weight is 259 g/mol. The van der Waals surface area contributed by atoms with Crippen molar-refractivity contribution < 1.29 is 9.28 Å². The third-order valence-electron chi connectivity index (χ3n) is 2.85. The molecule has 1 amide bonds. The molecule has 18 heavy (non-hydrogen) atoms. The van der Waals surface area contributed by atoms with Crippen LogP contribution in [0.15, 0.2) is 0 Å². The van der Waals surface area contributed by atoms with Crippen molar-refractivity contribution in [2.45, 2.75) is 38.5 Å². The van der Waals surface area contributed by atoms with Crippen molar-refractivity contribution in [1.82, 2.24) is 10.7 Å². The van der Waals surface area contributed by atoms with E-state index in [-0.39, 0.29) is 5.91 Å². The zero-order chi connectivity index (χ0) is 13.9. The van der Waals surface area contributed by atoms with Crippen LogP contribution in [0.5, 0.6) is 0 Å². The highest BCUT2D eigenvalue weighted by Gasteiger charge is 2.04. The second kappa shape index (κ2) is 10.3. The third-order valence-corrected chi connectivity index (χ3v) is 2.85. The molecule has 0 aliphatic carbocycles. The van der Waals surface area contributed by atoms with E-state index in [1.807, 2.05) is 0 Å². The van der Waals surface area contributed by atoms with Crippen LogP contribution < -0.4 is 16.6 Å². The summed E-state index contributed by atoms with van der Waals surface area (Å²) in [6.07, 6.45) is 6.29. The second-order valence-electron chi connectivity index (χ2n) is 5.85. The first-order chi connectivity index (χ1) is 8.45. The number of nitrogens with one attached hydrogen (secondary N) is 2. The minimum absolute atomic E-state index is 0.0738. The molecule has 0 radical (unpaired) electrons. The number of carbonyl (C=O) groups excluding carboxylic acids is 1. The van der Waals surface area contributed by atoms with Crippen molar-refractivity contribution in [3.8, 4) is 0 Å². The van der Waals surface area contributed by atoms with E-state index in [1.54, 1.807) is 0 Å². The van der Waals surface area contributed by atoms with Gasteiger partial charge in [-0.1, -0.05) is 0 Å². The first-order valence-electron chi connectivity index (χ1n) is 6.96. The van der Waals surface area contributed by atoms with E-state index in [0.29, 0.717) is 6.42 Å². The number of quaternary nitrogens is 1. The van der Waals surface area contributed by atoms with Gasteiger partial charge in [-0.3, -0.25) is 10.2 Å². The van der Waals surface area contributed by atoms with Gasteiger partial charge in [-0.05, 0) is 45.2 Å². The van der Waals surface area contributed by atoms with Crippen LogP contribution in [-0.2, 0) is 4.79 Å². The fourth-order valence-electron chi connectivity index (χ4n) is 1.75. The lowest BCUT2D eigenvalue weighted by Gasteiger charge is -2.23. The molecule has 0 bridgehead atoms. The maximum absolute atomic E-state index is 10.8. The van der Waals surface area contributed by atoms with Crippen molar-refractivity contribution in [3.63, 3.8) is 0 Å². The SMILES string of the molecule is C[N+](C)(C)CCCCCNCCCCC(=O)NN. The largest absolute Gasteiger partial charge is 0.331 e. The predicted molar refractivity (Wildman–Crippen MR) is 75.8 cm³/mol. The Morgan fingerprint density at radius 1 is 1.00 bits per heavy atom. The van der Waals surface area contributed by atoms with Gasteiger partial charge >= 0.3 is 0 Å². The summed E-state index contributed by atoms with van der Waals surface area (Å²) < 4.78 is 1.05. The Morgan fingerprint density at radius 2 is 1.61 bits per heavy atom. The smallest absolute Gasteiger partial charge is 0.233 e. The van der Waals surface area contributed by atoms with Gasteiger partial charge in [0.25, 0.3) is 0 Å². The molecule has 108 valence electrons. The van der Waals surface area contributed by atoms with E-state index in [1.165, 1.54) is 25.8 Å². The van der Waals surface area contributed by atoms with Crippen LogP contribution in [0, 0.1) is 0 Å². The van der Waals surface area contributed by atoms with E-state index in [0.717, 1.165) is 30.4 Å². The van der Waals surface area contributed by atoms with Crippen molar-refractivity contribution in [2.24, 2.45) is 5.84 Å². The number of hydrazine groups is 1. The standard InChI is InChI=1S/C13H30N4O/c1-17(2,3)12-8-4-6-10-15-11-7-5-9-13(18)16-14/h15H,4-12,14H2,1-3H3/p+1. The number of carbonyl (C=O) groups is 1. The predicted octanol–water partition coefficient (Wildman–Crippen LogP) is 0.613. The zero-order valence-electron chi connectivity index (χ0n) is 12.3. The molecular weight excluding hydrogens is 228 g/mol. The number of hydrogen-bond acceptors (Lipinski definition) is 3. The number of unbranched alkanes of at least 4 members (excludes halogenated alkanes) is 3. The molecule has 5 heteroatoms. The number of nitrogens with two attached hydrogens (primary N) is 1. The lowest BCUT2D eigenvalue weighted by atomic mass is 10.2. The molecule has 0 unspecified atom stereocenters. The molecule has 0 spiro atoms. The number of rotatable bonds is 11. The highest BCUT2D eigenvalue weighted by molar-refractivity contribution is 5.74. The van der Waals surface area contributed by atoms with E-state index in [4.69, 9.17) is 5.84 Å². The molecule has 0 saturated heterocycles. The first-order valence-corrected chi connectivity index (χ1v) is 6.96. The van der Waals surface area contributed by atoms with Crippen LogP contribution in [0.2, 0.25) is 0 Å². The van der Waals surface area contributed by atoms with Gasteiger partial charge in [0, 0.05) is 6.42 Å². The number of hydrogen-bond donors (Lipinski definition) is 3. The third kappa shape index (κ3) is 13.4. The molecule has 0 aromatic rings. The van der Waals surface area contributed by atoms with Gasteiger partial charge in [0.1, 0.15) is 0 Å². The van der Waals surface area contributed by atoms with Gasteiger partial charge in [0.15, 0.2) is 0 Å². The summed E-state index contributed by atoms with van der Waals surface area (Å²) in [5.41, 5.74) is 2.14. The van der Waals surface area contributed by atoms with E-state index in [9.17, 15) is 4.79 Å². The van der Waals surface area contributed by atoms with E-state index >= 15 is 0 Å². The van der Waals surface area contributed by atoms with Crippen molar-refractivity contribution in [3.05, 3.63) is 0 Å². The Bertz CT molecular complexity index is 214. The lowest BCUT2D eigenvalue weighted by molar-refractivity contribution is -0.870. The Hall–Kier alpha value is -0.650. The molecular formula is C13H31N4O+. The quantitative estimate of drug-likeness (QED) is 0.167. The van der Waals surface area contributed by atoms with Gasteiger partial charge in [0.05, 0.1) is 27.7 Å². The Balaban J connectivity index is 3.10. The maximum atomic E-state index is 10.8. The molecule has 0 heterocycles. The second-order valence-corrected chi connectivity index (χ2v) is 5.85. The highest BCUT2D eigenvalue weighted by atomic mass is 16.2. The van der Waals surface area contributed by atoms with Crippen LogP contribution in [0.3, 0.4) is 0 Å². The fraction of sp³-hybridized carbons (Fsp3) is 0.923. The molecule has 0 aromatic heterocycles. The van der Waals surface area contributed by atoms with Gasteiger partial charge < -0.3 is 9.80 Å². The molecule has 0 rings (SSSR count). The summed E-state index contributed by atoms with van der Waals surface area (Å²) >= 11 is 0. The van der Waals surface area contributed by atoms with E-state index < -0.39 is 0 Å². The molecule has 5 nitrogen and oxygen atoms in total. The lowest BCUT2D eigenvalue weighted by Crippen LogP contribution is -2.35.